The van der Waals surface area contributed by atoms with Crippen LogP contribution in [-0.2, 0) is 4.74 Å². The van der Waals surface area contributed by atoms with Gasteiger partial charge in [0.2, 0.25) is 0 Å². The molecule has 0 radical (unpaired) electrons. The summed E-state index contributed by atoms with van der Waals surface area (Å²) in [5.41, 5.74) is 1.49. The third kappa shape index (κ3) is 5.41. The highest BCUT2D eigenvalue weighted by atomic mass is 35.5. The number of esters is 1. The molecule has 0 aromatic heterocycles. The summed E-state index contributed by atoms with van der Waals surface area (Å²) in [6, 6.07) is 22.5. The second-order valence-electron chi connectivity index (χ2n) is 6.13. The SMILES string of the molecule is N#CSc1ccc(N(CCOC(=O)c2ccccc2)C(=O)c2ccccc2)cc1Cl. The molecular weight excluding hydrogens is 420 g/mol. The summed E-state index contributed by atoms with van der Waals surface area (Å²) in [5, 5.41) is 11.2. The lowest BCUT2D eigenvalue weighted by Gasteiger charge is -2.23. The smallest absolute Gasteiger partial charge is 0.338 e. The van der Waals surface area contributed by atoms with Gasteiger partial charge in [-0.3, -0.25) is 4.79 Å². The topological polar surface area (TPSA) is 70.4 Å². The molecule has 0 spiro atoms. The molecule has 0 aliphatic heterocycles. The number of benzene rings is 3. The van der Waals surface area contributed by atoms with Gasteiger partial charge in [0.05, 0.1) is 17.1 Å². The third-order valence-corrected chi connectivity index (χ3v) is 5.30. The van der Waals surface area contributed by atoms with Gasteiger partial charge >= 0.3 is 5.97 Å². The number of thioether (sulfide) groups is 1. The van der Waals surface area contributed by atoms with Crippen LogP contribution in [0, 0.1) is 10.7 Å². The van der Waals surface area contributed by atoms with E-state index in [-0.39, 0.29) is 19.1 Å². The normalized spacial score (nSPS) is 10.1. The predicted octanol–water partition coefficient (Wildman–Crippen LogP) is 5.42. The lowest BCUT2D eigenvalue weighted by Crippen LogP contribution is -2.34. The van der Waals surface area contributed by atoms with Crippen LogP contribution in [0.5, 0.6) is 0 Å². The molecule has 0 aliphatic carbocycles. The Kier molecular flexibility index (Phi) is 7.50. The minimum absolute atomic E-state index is 0.0125. The summed E-state index contributed by atoms with van der Waals surface area (Å²) in [6.45, 7) is 0.159. The standard InChI is InChI=1S/C23H17ClN2O3S/c24-20-15-19(11-12-21(20)30-16-25)26(22(27)17-7-3-1-4-8-17)13-14-29-23(28)18-9-5-2-6-10-18/h1-12,15H,13-14H2. The van der Waals surface area contributed by atoms with Crippen molar-refractivity contribution in [3.8, 4) is 5.40 Å². The first kappa shape index (κ1) is 21.4. The summed E-state index contributed by atoms with van der Waals surface area (Å²) < 4.78 is 5.35. The number of nitriles is 1. The minimum Gasteiger partial charge on any atom is -0.460 e. The van der Waals surface area contributed by atoms with Crippen molar-refractivity contribution in [3.05, 3.63) is 95.0 Å². The molecule has 3 rings (SSSR count). The second-order valence-corrected chi connectivity index (χ2v) is 7.37. The van der Waals surface area contributed by atoms with Crippen LogP contribution in [-0.4, -0.2) is 25.0 Å². The van der Waals surface area contributed by atoms with Crippen molar-refractivity contribution >= 4 is 40.9 Å². The Morgan fingerprint density at radius 3 is 2.20 bits per heavy atom. The monoisotopic (exact) mass is 436 g/mol. The molecule has 30 heavy (non-hydrogen) atoms. The number of anilines is 1. The first-order valence-electron chi connectivity index (χ1n) is 9.04. The summed E-state index contributed by atoms with van der Waals surface area (Å²) >= 11 is 7.22. The van der Waals surface area contributed by atoms with Gasteiger partial charge < -0.3 is 9.64 Å². The highest BCUT2D eigenvalue weighted by Gasteiger charge is 2.19. The maximum absolute atomic E-state index is 13.1. The van der Waals surface area contributed by atoms with Gasteiger partial charge in [-0.05, 0) is 54.2 Å². The summed E-state index contributed by atoms with van der Waals surface area (Å²) in [7, 11) is 0. The zero-order valence-electron chi connectivity index (χ0n) is 15.8. The van der Waals surface area contributed by atoms with Crippen LogP contribution >= 0.6 is 23.4 Å². The van der Waals surface area contributed by atoms with Crippen LogP contribution in [0.15, 0.2) is 83.8 Å². The number of hydrogen-bond donors (Lipinski definition) is 0. The molecule has 0 atom stereocenters. The Balaban J connectivity index is 1.79. The molecule has 7 heteroatoms. The van der Waals surface area contributed by atoms with Crippen LogP contribution < -0.4 is 4.90 Å². The molecule has 0 bridgehead atoms. The summed E-state index contributed by atoms with van der Waals surface area (Å²) in [6.07, 6.45) is 0. The fourth-order valence-electron chi connectivity index (χ4n) is 2.76. The van der Waals surface area contributed by atoms with Crippen molar-refractivity contribution < 1.29 is 14.3 Å². The molecule has 0 saturated carbocycles. The third-order valence-electron chi connectivity index (χ3n) is 4.21. The molecule has 0 saturated heterocycles. The molecule has 0 aliphatic rings. The number of thiocyanates is 1. The van der Waals surface area contributed by atoms with E-state index < -0.39 is 5.97 Å². The number of ether oxygens (including phenoxy) is 1. The number of rotatable bonds is 7. The van der Waals surface area contributed by atoms with E-state index in [0.717, 1.165) is 11.8 Å². The van der Waals surface area contributed by atoms with Gasteiger partial charge in [0, 0.05) is 16.1 Å². The van der Waals surface area contributed by atoms with Crippen LogP contribution in [0.3, 0.4) is 0 Å². The molecule has 0 heterocycles. The van der Waals surface area contributed by atoms with E-state index in [9.17, 15) is 9.59 Å². The van der Waals surface area contributed by atoms with Crippen LogP contribution in [0.25, 0.3) is 0 Å². The highest BCUT2D eigenvalue weighted by molar-refractivity contribution is 8.03. The quantitative estimate of drug-likeness (QED) is 0.281. The Hall–Kier alpha value is -3.27. The number of amides is 1. The zero-order chi connectivity index (χ0) is 21.3. The summed E-state index contributed by atoms with van der Waals surface area (Å²) in [5.74, 6) is -0.704. The highest BCUT2D eigenvalue weighted by Crippen LogP contribution is 2.31. The number of halogens is 1. The van der Waals surface area contributed by atoms with E-state index in [4.69, 9.17) is 21.6 Å². The lowest BCUT2D eigenvalue weighted by molar-refractivity contribution is 0.0511. The van der Waals surface area contributed by atoms with Crippen molar-refractivity contribution in [1.29, 1.82) is 5.26 Å². The second kappa shape index (κ2) is 10.5. The van der Waals surface area contributed by atoms with E-state index in [1.165, 1.54) is 4.90 Å². The van der Waals surface area contributed by atoms with Crippen molar-refractivity contribution in [2.75, 3.05) is 18.1 Å². The molecule has 0 N–H and O–H groups in total. The fraction of sp³-hybridized carbons (Fsp3) is 0.0870. The number of carbonyl (C=O) groups excluding carboxylic acids is 2. The van der Waals surface area contributed by atoms with E-state index in [2.05, 4.69) is 0 Å². The van der Waals surface area contributed by atoms with Crippen LogP contribution in [0.4, 0.5) is 5.69 Å². The lowest BCUT2D eigenvalue weighted by atomic mass is 10.2. The van der Waals surface area contributed by atoms with E-state index in [0.29, 0.717) is 26.7 Å². The van der Waals surface area contributed by atoms with E-state index >= 15 is 0 Å². The first-order valence-corrected chi connectivity index (χ1v) is 10.2. The summed E-state index contributed by atoms with van der Waals surface area (Å²) in [4.78, 5) is 27.4. The van der Waals surface area contributed by atoms with Gasteiger partial charge in [-0.2, -0.15) is 5.26 Å². The molecule has 5 nitrogen and oxygen atoms in total. The Morgan fingerprint density at radius 1 is 0.967 bits per heavy atom. The van der Waals surface area contributed by atoms with Gasteiger partial charge in [-0.25, -0.2) is 4.79 Å². The molecule has 0 unspecified atom stereocenters. The number of carbonyl (C=O) groups is 2. The van der Waals surface area contributed by atoms with Crippen LogP contribution in [0.1, 0.15) is 20.7 Å². The van der Waals surface area contributed by atoms with Gasteiger partial charge in [-0.15, -0.1) is 0 Å². The maximum atomic E-state index is 13.1. The minimum atomic E-state index is -0.457. The van der Waals surface area contributed by atoms with E-state index in [1.807, 2.05) is 17.5 Å². The molecular formula is C23H17ClN2O3S. The van der Waals surface area contributed by atoms with Crippen molar-refractivity contribution in [1.82, 2.24) is 0 Å². The average Bonchev–Trinajstić information content (AvgIpc) is 2.79. The number of nitrogens with zero attached hydrogens (tertiary/aromatic N) is 2. The van der Waals surface area contributed by atoms with E-state index in [1.54, 1.807) is 66.7 Å². The molecule has 150 valence electrons. The predicted molar refractivity (Wildman–Crippen MR) is 118 cm³/mol. The Morgan fingerprint density at radius 2 is 1.60 bits per heavy atom. The van der Waals surface area contributed by atoms with Gasteiger partial charge in [0.15, 0.2) is 0 Å². The zero-order valence-corrected chi connectivity index (χ0v) is 17.4. The first-order chi connectivity index (χ1) is 14.6. The van der Waals surface area contributed by atoms with Gasteiger partial charge in [0.1, 0.15) is 12.0 Å². The van der Waals surface area contributed by atoms with Crippen molar-refractivity contribution in [2.24, 2.45) is 0 Å². The largest absolute Gasteiger partial charge is 0.460 e. The van der Waals surface area contributed by atoms with Gasteiger partial charge in [0.25, 0.3) is 5.91 Å². The Bertz CT molecular complexity index is 1070. The fourth-order valence-corrected chi connectivity index (χ4v) is 3.44. The van der Waals surface area contributed by atoms with Gasteiger partial charge in [-0.1, -0.05) is 48.0 Å². The maximum Gasteiger partial charge on any atom is 0.338 e. The molecule has 1 amide bonds. The van der Waals surface area contributed by atoms with Crippen molar-refractivity contribution in [3.63, 3.8) is 0 Å². The molecule has 3 aromatic carbocycles. The van der Waals surface area contributed by atoms with Crippen LogP contribution in [0.2, 0.25) is 5.02 Å². The van der Waals surface area contributed by atoms with Crippen molar-refractivity contribution in [2.45, 2.75) is 4.90 Å². The number of hydrogen-bond acceptors (Lipinski definition) is 5. The molecule has 0 fully saturated rings. The average molecular weight is 437 g/mol. The Labute approximate surface area is 183 Å². The molecule has 3 aromatic rings.